The van der Waals surface area contributed by atoms with Crippen LogP contribution in [0.3, 0.4) is 0 Å². The number of nitrogens with zero attached hydrogens (tertiary/aromatic N) is 1. The highest BCUT2D eigenvalue weighted by Gasteiger charge is 2.14. The van der Waals surface area contributed by atoms with Crippen molar-refractivity contribution in [3.63, 3.8) is 0 Å². The Morgan fingerprint density at radius 2 is 1.75 bits per heavy atom. The van der Waals surface area contributed by atoms with Crippen LogP contribution in [0.1, 0.15) is 25.3 Å². The van der Waals surface area contributed by atoms with Crippen LogP contribution in [-0.2, 0) is 16.4 Å². The van der Waals surface area contributed by atoms with Crippen molar-refractivity contribution in [2.24, 2.45) is 0 Å². The van der Waals surface area contributed by atoms with Gasteiger partial charge in [0.1, 0.15) is 0 Å². The van der Waals surface area contributed by atoms with E-state index in [1.54, 1.807) is 12.1 Å². The summed E-state index contributed by atoms with van der Waals surface area (Å²) in [6.07, 6.45) is 2.89. The van der Waals surface area contributed by atoms with Gasteiger partial charge in [-0.15, -0.1) is 24.8 Å². The minimum Gasteiger partial charge on any atom is -0.314 e. The minimum absolute atomic E-state index is 0. The van der Waals surface area contributed by atoms with Crippen molar-refractivity contribution >= 4 is 34.8 Å². The Morgan fingerprint density at radius 3 is 2.33 bits per heavy atom. The minimum atomic E-state index is -3.38. The first kappa shape index (κ1) is 23.6. The number of halogens is 2. The van der Waals surface area contributed by atoms with Crippen molar-refractivity contribution < 1.29 is 8.42 Å². The summed E-state index contributed by atoms with van der Waals surface area (Å²) < 4.78 is 27.1. The smallest absolute Gasteiger partial charge is 0.240 e. The van der Waals surface area contributed by atoms with E-state index >= 15 is 0 Å². The maximum absolute atomic E-state index is 12.2. The van der Waals surface area contributed by atoms with Gasteiger partial charge in [-0.05, 0) is 37.1 Å². The largest absolute Gasteiger partial charge is 0.314 e. The molecular formula is C16H29Cl2N3O2S. The second-order valence-electron chi connectivity index (χ2n) is 5.74. The molecular weight excluding hydrogens is 369 g/mol. The Labute approximate surface area is 158 Å². The molecule has 0 spiro atoms. The number of piperazine rings is 1. The molecule has 0 radical (unpaired) electrons. The van der Waals surface area contributed by atoms with E-state index in [2.05, 4.69) is 21.9 Å². The zero-order valence-corrected chi connectivity index (χ0v) is 16.6. The normalized spacial score (nSPS) is 15.4. The Bertz CT molecular complexity index is 547. The fraction of sp³-hybridized carbons (Fsp3) is 0.625. The number of aryl methyl sites for hydroxylation is 1. The van der Waals surface area contributed by atoms with Crippen LogP contribution in [0, 0.1) is 0 Å². The third kappa shape index (κ3) is 7.68. The maximum atomic E-state index is 12.2. The van der Waals surface area contributed by atoms with Crippen LogP contribution >= 0.6 is 24.8 Å². The second kappa shape index (κ2) is 12.1. The van der Waals surface area contributed by atoms with Gasteiger partial charge in [0, 0.05) is 32.7 Å². The van der Waals surface area contributed by atoms with Crippen LogP contribution < -0.4 is 10.0 Å². The van der Waals surface area contributed by atoms with Gasteiger partial charge in [0.05, 0.1) is 4.90 Å². The third-order valence-corrected chi connectivity index (χ3v) is 5.40. The van der Waals surface area contributed by atoms with E-state index in [0.29, 0.717) is 11.4 Å². The van der Waals surface area contributed by atoms with Gasteiger partial charge in [0.15, 0.2) is 0 Å². The second-order valence-corrected chi connectivity index (χ2v) is 7.50. The molecule has 0 atom stereocenters. The molecule has 5 nitrogen and oxygen atoms in total. The molecule has 0 unspecified atom stereocenters. The highest BCUT2D eigenvalue weighted by atomic mass is 35.5. The highest BCUT2D eigenvalue weighted by Crippen LogP contribution is 2.11. The van der Waals surface area contributed by atoms with E-state index in [4.69, 9.17) is 0 Å². The zero-order valence-electron chi connectivity index (χ0n) is 14.2. The van der Waals surface area contributed by atoms with Gasteiger partial charge >= 0.3 is 0 Å². The molecule has 0 aliphatic carbocycles. The topological polar surface area (TPSA) is 61.4 Å². The first-order chi connectivity index (χ1) is 10.6. The number of hydrogen-bond acceptors (Lipinski definition) is 4. The molecule has 1 aromatic rings. The van der Waals surface area contributed by atoms with Crippen molar-refractivity contribution in [2.45, 2.75) is 31.1 Å². The van der Waals surface area contributed by atoms with Crippen molar-refractivity contribution in [3.05, 3.63) is 29.8 Å². The van der Waals surface area contributed by atoms with Crippen molar-refractivity contribution in [2.75, 3.05) is 39.3 Å². The first-order valence-corrected chi connectivity index (χ1v) is 9.62. The van der Waals surface area contributed by atoms with Crippen molar-refractivity contribution in [1.82, 2.24) is 14.9 Å². The fourth-order valence-electron chi connectivity index (χ4n) is 2.65. The molecule has 2 N–H and O–H groups in total. The third-order valence-electron chi connectivity index (χ3n) is 3.93. The summed E-state index contributed by atoms with van der Waals surface area (Å²) in [6, 6.07) is 7.20. The van der Waals surface area contributed by atoms with Crippen LogP contribution in [0.5, 0.6) is 0 Å². The number of hydrogen-bond donors (Lipinski definition) is 2. The van der Waals surface area contributed by atoms with E-state index in [1.165, 1.54) is 5.56 Å². The molecule has 1 aliphatic heterocycles. The molecule has 1 aromatic carbocycles. The van der Waals surface area contributed by atoms with Crippen LogP contribution in [0.4, 0.5) is 0 Å². The van der Waals surface area contributed by atoms with Crippen LogP contribution in [0.2, 0.25) is 0 Å². The van der Waals surface area contributed by atoms with E-state index in [0.717, 1.165) is 52.0 Å². The summed E-state index contributed by atoms with van der Waals surface area (Å²) in [6.45, 7) is 7.69. The molecule has 1 heterocycles. The Balaban J connectivity index is 0.00000264. The lowest BCUT2D eigenvalue weighted by Gasteiger charge is -2.27. The summed E-state index contributed by atoms with van der Waals surface area (Å²) >= 11 is 0. The number of benzene rings is 1. The summed E-state index contributed by atoms with van der Waals surface area (Å²) in [4.78, 5) is 2.72. The van der Waals surface area contributed by atoms with E-state index in [9.17, 15) is 8.42 Å². The maximum Gasteiger partial charge on any atom is 0.240 e. The average molecular weight is 398 g/mol. The molecule has 0 saturated carbocycles. The van der Waals surface area contributed by atoms with Gasteiger partial charge < -0.3 is 10.2 Å². The highest BCUT2D eigenvalue weighted by molar-refractivity contribution is 7.89. The van der Waals surface area contributed by atoms with Crippen LogP contribution in [0.25, 0.3) is 0 Å². The van der Waals surface area contributed by atoms with Crippen LogP contribution in [-0.4, -0.2) is 52.6 Å². The summed E-state index contributed by atoms with van der Waals surface area (Å²) in [5, 5.41) is 3.31. The van der Waals surface area contributed by atoms with Gasteiger partial charge in [-0.3, -0.25) is 0 Å². The molecule has 1 fully saturated rings. The number of sulfonamides is 1. The van der Waals surface area contributed by atoms with Gasteiger partial charge in [-0.2, -0.15) is 0 Å². The number of nitrogens with one attached hydrogen (secondary N) is 2. The zero-order chi connectivity index (χ0) is 15.8. The molecule has 140 valence electrons. The standard InChI is InChI=1S/C16H27N3O2S.2ClH/c1-2-4-15-5-7-16(8-6-15)22(20,21)18-9-3-12-19-13-10-17-11-14-19;;/h5-8,17-18H,2-4,9-14H2,1H3;2*1H. The lowest BCUT2D eigenvalue weighted by atomic mass is 10.1. The first-order valence-electron chi connectivity index (χ1n) is 8.13. The lowest BCUT2D eigenvalue weighted by molar-refractivity contribution is 0.239. The molecule has 0 amide bonds. The molecule has 8 heteroatoms. The molecule has 1 saturated heterocycles. The molecule has 0 aromatic heterocycles. The Hall–Kier alpha value is -0.370. The summed E-state index contributed by atoms with van der Waals surface area (Å²) in [5.74, 6) is 0. The van der Waals surface area contributed by atoms with E-state index in [-0.39, 0.29) is 24.8 Å². The predicted molar refractivity (Wildman–Crippen MR) is 104 cm³/mol. The summed E-state index contributed by atoms with van der Waals surface area (Å²) in [5.41, 5.74) is 1.18. The fourth-order valence-corrected chi connectivity index (χ4v) is 3.73. The van der Waals surface area contributed by atoms with E-state index in [1.807, 2.05) is 12.1 Å². The lowest BCUT2D eigenvalue weighted by Crippen LogP contribution is -2.44. The van der Waals surface area contributed by atoms with Gasteiger partial charge in [0.25, 0.3) is 0 Å². The average Bonchev–Trinajstić information content (AvgIpc) is 2.53. The van der Waals surface area contributed by atoms with Gasteiger partial charge in [-0.1, -0.05) is 25.5 Å². The molecule has 0 bridgehead atoms. The number of rotatable bonds is 8. The molecule has 2 rings (SSSR count). The van der Waals surface area contributed by atoms with Crippen molar-refractivity contribution in [1.29, 1.82) is 0 Å². The predicted octanol–water partition coefficient (Wildman–Crippen LogP) is 2.06. The van der Waals surface area contributed by atoms with Gasteiger partial charge in [-0.25, -0.2) is 13.1 Å². The van der Waals surface area contributed by atoms with Crippen LogP contribution in [0.15, 0.2) is 29.2 Å². The Morgan fingerprint density at radius 1 is 1.12 bits per heavy atom. The monoisotopic (exact) mass is 397 g/mol. The van der Waals surface area contributed by atoms with Crippen molar-refractivity contribution in [3.8, 4) is 0 Å². The SMILES string of the molecule is CCCc1ccc(S(=O)(=O)NCCCN2CCNCC2)cc1.Cl.Cl. The quantitative estimate of drug-likeness (QED) is 0.658. The summed E-state index contributed by atoms with van der Waals surface area (Å²) in [7, 11) is -3.38. The molecule has 1 aliphatic rings. The van der Waals surface area contributed by atoms with E-state index < -0.39 is 10.0 Å². The Kier molecular flexibility index (Phi) is 11.9. The van der Waals surface area contributed by atoms with Gasteiger partial charge in [0.2, 0.25) is 10.0 Å². The molecule has 24 heavy (non-hydrogen) atoms.